The average Bonchev–Trinajstić information content (AvgIpc) is 2.61. The number of hydrogen-bond donors (Lipinski definition) is 2. The molecule has 0 fully saturated rings. The Bertz CT molecular complexity index is 831. The number of rotatable bonds is 9. The van der Waals surface area contributed by atoms with Crippen molar-refractivity contribution in [1.82, 2.24) is 0 Å². The van der Waals surface area contributed by atoms with Gasteiger partial charge in [0.15, 0.2) is 0 Å². The molecule has 0 unspecified atom stereocenters. The molecule has 0 radical (unpaired) electrons. The van der Waals surface area contributed by atoms with E-state index in [0.717, 1.165) is 29.8 Å². The van der Waals surface area contributed by atoms with E-state index >= 15 is 0 Å². The molecule has 0 aliphatic carbocycles. The number of benzene rings is 2. The molecule has 142 valence electrons. The van der Waals surface area contributed by atoms with Gasteiger partial charge in [0.05, 0.1) is 7.11 Å². The lowest BCUT2D eigenvalue weighted by molar-refractivity contribution is 0.402. The normalized spacial score (nSPS) is 11.2. The molecule has 0 aliphatic heterocycles. The first-order chi connectivity index (χ1) is 12.4. The van der Waals surface area contributed by atoms with E-state index in [2.05, 4.69) is 17.0 Å². The Labute approximate surface area is 156 Å². The van der Waals surface area contributed by atoms with E-state index in [0.29, 0.717) is 11.4 Å². The zero-order chi connectivity index (χ0) is 19.2. The predicted molar refractivity (Wildman–Crippen MR) is 108 cm³/mol. The molecule has 0 saturated heterocycles. The van der Waals surface area contributed by atoms with Crippen LogP contribution in [0.2, 0.25) is 0 Å². The summed E-state index contributed by atoms with van der Waals surface area (Å²) in [6, 6.07) is 10.6. The Hall–Kier alpha value is -2.21. The molecule has 6 heteroatoms. The molecule has 0 bridgehead atoms. The van der Waals surface area contributed by atoms with Crippen LogP contribution in [0.4, 0.5) is 11.4 Å². The molecule has 26 heavy (non-hydrogen) atoms. The highest BCUT2D eigenvalue weighted by molar-refractivity contribution is 7.92. The summed E-state index contributed by atoms with van der Waals surface area (Å²) < 4.78 is 33.4. The van der Waals surface area contributed by atoms with Crippen molar-refractivity contribution in [2.45, 2.75) is 44.9 Å². The monoisotopic (exact) mass is 376 g/mol. The maximum Gasteiger partial charge on any atom is 0.265 e. The molecule has 5 nitrogen and oxygen atoms in total. The van der Waals surface area contributed by atoms with Gasteiger partial charge in [-0.2, -0.15) is 0 Å². The van der Waals surface area contributed by atoms with E-state index in [-0.39, 0.29) is 4.90 Å². The van der Waals surface area contributed by atoms with Gasteiger partial charge in [0, 0.05) is 17.9 Å². The molecule has 0 heterocycles. The van der Waals surface area contributed by atoms with Gasteiger partial charge in [-0.05, 0) is 67.8 Å². The molecule has 0 amide bonds. The first-order valence-corrected chi connectivity index (χ1v) is 10.4. The van der Waals surface area contributed by atoms with Crippen LogP contribution in [0.3, 0.4) is 0 Å². The highest BCUT2D eigenvalue weighted by Gasteiger charge is 2.20. The van der Waals surface area contributed by atoms with E-state index < -0.39 is 10.0 Å². The number of hydrogen-bond acceptors (Lipinski definition) is 4. The number of anilines is 2. The van der Waals surface area contributed by atoms with Crippen LogP contribution in [-0.2, 0) is 10.0 Å². The number of sulfonamides is 1. The standard InChI is InChI=1S/C20H28N2O3S/c1-5-6-7-12-21-17-8-10-18(11-9-17)22-26(23,24)20-14-16(3)15(2)13-19(20)25-4/h8-11,13-14,21-22H,5-7,12H2,1-4H3. The van der Waals surface area contributed by atoms with Gasteiger partial charge in [-0.1, -0.05) is 19.8 Å². The second-order valence-electron chi connectivity index (χ2n) is 6.40. The van der Waals surface area contributed by atoms with Crippen molar-refractivity contribution in [2.75, 3.05) is 23.7 Å². The van der Waals surface area contributed by atoms with Crippen LogP contribution in [0.25, 0.3) is 0 Å². The molecule has 2 rings (SSSR count). The van der Waals surface area contributed by atoms with Crippen molar-refractivity contribution < 1.29 is 13.2 Å². The van der Waals surface area contributed by atoms with Crippen LogP contribution in [0, 0.1) is 13.8 Å². The Morgan fingerprint density at radius 2 is 1.58 bits per heavy atom. The number of unbranched alkanes of at least 4 members (excludes halogenated alkanes) is 2. The number of nitrogens with one attached hydrogen (secondary N) is 2. The molecule has 0 aromatic heterocycles. The zero-order valence-corrected chi connectivity index (χ0v) is 16.7. The minimum absolute atomic E-state index is 0.143. The Morgan fingerprint density at radius 1 is 0.962 bits per heavy atom. The van der Waals surface area contributed by atoms with E-state index in [1.54, 1.807) is 24.3 Å². The van der Waals surface area contributed by atoms with Crippen LogP contribution in [0.15, 0.2) is 41.3 Å². The summed E-state index contributed by atoms with van der Waals surface area (Å²) >= 11 is 0. The minimum Gasteiger partial charge on any atom is -0.495 e. The van der Waals surface area contributed by atoms with Crippen molar-refractivity contribution in [3.8, 4) is 5.75 Å². The topological polar surface area (TPSA) is 67.4 Å². The summed E-state index contributed by atoms with van der Waals surface area (Å²) in [5, 5.41) is 3.34. The van der Waals surface area contributed by atoms with Gasteiger partial charge >= 0.3 is 0 Å². The lowest BCUT2D eigenvalue weighted by Crippen LogP contribution is -2.14. The maximum atomic E-state index is 12.8. The van der Waals surface area contributed by atoms with Gasteiger partial charge < -0.3 is 10.1 Å². The van der Waals surface area contributed by atoms with Crippen molar-refractivity contribution in [3.05, 3.63) is 47.5 Å². The molecular formula is C20H28N2O3S. The molecule has 0 atom stereocenters. The second kappa shape index (κ2) is 8.94. The van der Waals surface area contributed by atoms with Gasteiger partial charge in [0.2, 0.25) is 0 Å². The summed E-state index contributed by atoms with van der Waals surface area (Å²) in [5.41, 5.74) is 3.38. The smallest absolute Gasteiger partial charge is 0.265 e. The Morgan fingerprint density at radius 3 is 2.19 bits per heavy atom. The van der Waals surface area contributed by atoms with Gasteiger partial charge in [0.1, 0.15) is 10.6 Å². The fourth-order valence-corrected chi connectivity index (χ4v) is 3.90. The van der Waals surface area contributed by atoms with E-state index in [1.807, 2.05) is 26.0 Å². The largest absolute Gasteiger partial charge is 0.495 e. The molecular weight excluding hydrogens is 348 g/mol. The molecule has 2 N–H and O–H groups in total. The van der Waals surface area contributed by atoms with E-state index in [9.17, 15) is 8.42 Å². The van der Waals surface area contributed by atoms with E-state index in [1.165, 1.54) is 20.0 Å². The molecule has 0 aliphatic rings. The summed E-state index contributed by atoms with van der Waals surface area (Å²) in [4.78, 5) is 0.143. The predicted octanol–water partition coefficient (Wildman–Crippen LogP) is 4.71. The van der Waals surface area contributed by atoms with Crippen molar-refractivity contribution in [3.63, 3.8) is 0 Å². The third kappa shape index (κ3) is 5.14. The average molecular weight is 377 g/mol. The summed E-state index contributed by atoms with van der Waals surface area (Å²) in [7, 11) is -2.25. The zero-order valence-electron chi connectivity index (χ0n) is 15.9. The third-order valence-corrected chi connectivity index (χ3v) is 5.72. The van der Waals surface area contributed by atoms with E-state index in [4.69, 9.17) is 4.74 Å². The molecule has 0 saturated carbocycles. The van der Waals surface area contributed by atoms with Gasteiger partial charge in [-0.3, -0.25) is 4.72 Å². The third-order valence-electron chi connectivity index (χ3n) is 4.32. The lowest BCUT2D eigenvalue weighted by atomic mass is 10.1. The number of methoxy groups -OCH3 is 1. The quantitative estimate of drug-likeness (QED) is 0.622. The summed E-state index contributed by atoms with van der Waals surface area (Å²) in [5.74, 6) is 0.342. The van der Waals surface area contributed by atoms with Crippen molar-refractivity contribution >= 4 is 21.4 Å². The van der Waals surface area contributed by atoms with Crippen LogP contribution in [0.1, 0.15) is 37.3 Å². The number of ether oxygens (including phenoxy) is 1. The van der Waals surface area contributed by atoms with Crippen LogP contribution in [0.5, 0.6) is 5.75 Å². The fraction of sp³-hybridized carbons (Fsp3) is 0.400. The second-order valence-corrected chi connectivity index (χ2v) is 8.05. The lowest BCUT2D eigenvalue weighted by Gasteiger charge is -2.14. The fourth-order valence-electron chi connectivity index (χ4n) is 2.61. The Balaban J connectivity index is 2.13. The highest BCUT2D eigenvalue weighted by Crippen LogP contribution is 2.29. The first-order valence-electron chi connectivity index (χ1n) is 8.89. The molecule has 2 aromatic rings. The number of aryl methyl sites for hydroxylation is 2. The Kier molecular flexibility index (Phi) is 6.91. The maximum absolute atomic E-state index is 12.8. The highest BCUT2D eigenvalue weighted by atomic mass is 32.2. The van der Waals surface area contributed by atoms with Crippen molar-refractivity contribution in [1.29, 1.82) is 0 Å². The SMILES string of the molecule is CCCCCNc1ccc(NS(=O)(=O)c2cc(C)c(C)cc2OC)cc1. The first kappa shape index (κ1) is 20.1. The van der Waals surface area contributed by atoms with Gasteiger partial charge in [-0.15, -0.1) is 0 Å². The molecule has 2 aromatic carbocycles. The van der Waals surface area contributed by atoms with Crippen LogP contribution in [-0.4, -0.2) is 22.1 Å². The summed E-state index contributed by atoms with van der Waals surface area (Å²) in [6.07, 6.45) is 3.50. The van der Waals surface area contributed by atoms with Gasteiger partial charge in [0.25, 0.3) is 10.0 Å². The van der Waals surface area contributed by atoms with Gasteiger partial charge in [-0.25, -0.2) is 8.42 Å². The minimum atomic E-state index is -3.73. The van der Waals surface area contributed by atoms with Crippen molar-refractivity contribution in [2.24, 2.45) is 0 Å². The van der Waals surface area contributed by atoms with Crippen LogP contribution >= 0.6 is 0 Å². The van der Waals surface area contributed by atoms with Crippen LogP contribution < -0.4 is 14.8 Å². The summed E-state index contributed by atoms with van der Waals surface area (Å²) in [6.45, 7) is 6.89. The molecule has 0 spiro atoms.